The molecule has 1 atom stereocenters. The highest BCUT2D eigenvalue weighted by molar-refractivity contribution is 6.36. The van der Waals surface area contributed by atoms with Crippen molar-refractivity contribution in [1.29, 1.82) is 0 Å². The molecule has 0 saturated carbocycles. The second kappa shape index (κ2) is 8.67. The minimum absolute atomic E-state index is 0.0262. The molecule has 0 aromatic heterocycles. The van der Waals surface area contributed by atoms with Gasteiger partial charge in [0.25, 0.3) is 0 Å². The summed E-state index contributed by atoms with van der Waals surface area (Å²) >= 11 is 0. The highest BCUT2D eigenvalue weighted by Crippen LogP contribution is 2.38. The molecule has 0 aliphatic heterocycles. The largest absolute Gasteiger partial charge is 0.508 e. The van der Waals surface area contributed by atoms with Gasteiger partial charge in [-0.25, -0.2) is 0 Å². The number of hydrogen-bond acceptors (Lipinski definition) is 4. The van der Waals surface area contributed by atoms with E-state index < -0.39 is 11.4 Å². The Labute approximate surface area is 157 Å². The molecule has 0 spiro atoms. The van der Waals surface area contributed by atoms with Crippen LogP contribution in [0.2, 0.25) is 0 Å². The van der Waals surface area contributed by atoms with Crippen LogP contribution in [0.4, 0.5) is 0 Å². The van der Waals surface area contributed by atoms with Gasteiger partial charge in [-0.05, 0) is 45.6 Å². The first-order chi connectivity index (χ1) is 11.9. The van der Waals surface area contributed by atoms with Crippen molar-refractivity contribution in [2.24, 2.45) is 5.92 Å². The molecular formula is C21H31BO4. The van der Waals surface area contributed by atoms with Crippen molar-refractivity contribution >= 4 is 19.4 Å². The van der Waals surface area contributed by atoms with Crippen LogP contribution in [0.1, 0.15) is 60.8 Å². The van der Waals surface area contributed by atoms with Crippen LogP contribution in [0.15, 0.2) is 45.7 Å². The summed E-state index contributed by atoms with van der Waals surface area (Å²) in [7, 11) is 1.68. The number of hydrogen-bond donors (Lipinski definition) is 2. The van der Waals surface area contributed by atoms with E-state index in [9.17, 15) is 19.8 Å². The quantitative estimate of drug-likeness (QED) is 0.416. The predicted molar refractivity (Wildman–Crippen MR) is 108 cm³/mol. The Kier molecular flexibility index (Phi) is 7.40. The molecule has 0 bridgehead atoms. The maximum absolute atomic E-state index is 13.0. The van der Waals surface area contributed by atoms with Gasteiger partial charge in [0, 0.05) is 12.8 Å². The molecule has 0 radical (unpaired) electrons. The Hall–Kier alpha value is -1.88. The molecule has 0 fully saturated rings. The summed E-state index contributed by atoms with van der Waals surface area (Å²) in [4.78, 5) is 25.7. The van der Waals surface area contributed by atoms with Crippen LogP contribution in [-0.4, -0.2) is 35.2 Å². The van der Waals surface area contributed by atoms with Gasteiger partial charge in [0.1, 0.15) is 13.6 Å². The van der Waals surface area contributed by atoms with E-state index >= 15 is 0 Å². The van der Waals surface area contributed by atoms with E-state index in [1.807, 2.05) is 47.6 Å². The Morgan fingerprint density at radius 1 is 1.15 bits per heavy atom. The van der Waals surface area contributed by atoms with E-state index in [0.717, 1.165) is 11.1 Å². The van der Waals surface area contributed by atoms with Gasteiger partial charge in [-0.1, -0.05) is 42.6 Å². The molecule has 0 aromatic carbocycles. The van der Waals surface area contributed by atoms with Crippen LogP contribution in [0, 0.1) is 5.92 Å². The van der Waals surface area contributed by atoms with E-state index in [0.29, 0.717) is 17.5 Å². The lowest BCUT2D eigenvalue weighted by Gasteiger charge is -2.33. The molecule has 1 aliphatic rings. The van der Waals surface area contributed by atoms with Gasteiger partial charge >= 0.3 is 0 Å². The molecule has 26 heavy (non-hydrogen) atoms. The average Bonchev–Trinajstić information content (AvgIpc) is 2.50. The third-order valence-corrected chi connectivity index (χ3v) is 4.50. The molecular weight excluding hydrogens is 327 g/mol. The third kappa shape index (κ3) is 4.85. The maximum Gasteiger partial charge on any atom is 0.205 e. The summed E-state index contributed by atoms with van der Waals surface area (Å²) in [5.74, 6) is -1.21. The molecule has 0 heterocycles. The summed E-state index contributed by atoms with van der Waals surface area (Å²) in [5.41, 5.74) is 0.853. The predicted octanol–water partition coefficient (Wildman–Crippen LogP) is 3.33. The van der Waals surface area contributed by atoms with E-state index in [4.69, 9.17) is 0 Å². The molecule has 0 unspecified atom stereocenters. The second-order valence-corrected chi connectivity index (χ2v) is 8.01. The molecule has 0 amide bonds. The van der Waals surface area contributed by atoms with E-state index in [-0.39, 0.29) is 35.9 Å². The zero-order valence-corrected chi connectivity index (χ0v) is 17.1. The Morgan fingerprint density at radius 2 is 1.69 bits per heavy atom. The van der Waals surface area contributed by atoms with E-state index in [1.165, 1.54) is 0 Å². The lowest BCUT2D eigenvalue weighted by Crippen LogP contribution is -2.46. The Balaban J connectivity index is 3.57. The lowest BCUT2D eigenvalue weighted by atomic mass is 9.68. The van der Waals surface area contributed by atoms with Gasteiger partial charge in [-0.3, -0.25) is 9.59 Å². The van der Waals surface area contributed by atoms with Crippen molar-refractivity contribution in [3.8, 4) is 0 Å². The zero-order chi connectivity index (χ0) is 20.2. The van der Waals surface area contributed by atoms with Crippen molar-refractivity contribution < 1.29 is 19.8 Å². The summed E-state index contributed by atoms with van der Waals surface area (Å²) in [6.45, 7) is 11.4. The second-order valence-electron chi connectivity index (χ2n) is 8.01. The Morgan fingerprint density at radius 3 is 2.15 bits per heavy atom. The van der Waals surface area contributed by atoms with E-state index in [2.05, 4.69) is 0 Å². The smallest absolute Gasteiger partial charge is 0.205 e. The van der Waals surface area contributed by atoms with Crippen LogP contribution in [0.3, 0.4) is 0 Å². The first-order valence-corrected chi connectivity index (χ1v) is 9.12. The van der Waals surface area contributed by atoms with Crippen LogP contribution >= 0.6 is 0 Å². The first-order valence-electron chi connectivity index (χ1n) is 9.12. The highest BCUT2D eigenvalue weighted by Gasteiger charge is 2.47. The van der Waals surface area contributed by atoms with Crippen LogP contribution in [-0.2, 0) is 9.59 Å². The summed E-state index contributed by atoms with van der Waals surface area (Å²) in [5, 5.41) is 21.8. The molecule has 4 nitrogen and oxygen atoms in total. The summed E-state index contributed by atoms with van der Waals surface area (Å²) < 4.78 is 0. The topological polar surface area (TPSA) is 74.6 Å². The lowest BCUT2D eigenvalue weighted by molar-refractivity contribution is -0.134. The molecule has 2 N–H and O–H groups in total. The highest BCUT2D eigenvalue weighted by atomic mass is 16.3. The fourth-order valence-corrected chi connectivity index (χ4v) is 2.97. The number of aliphatic hydroxyl groups excluding tert-OH is 1. The molecule has 0 aromatic rings. The summed E-state index contributed by atoms with van der Waals surface area (Å²) in [6, 6.07) is 0. The van der Waals surface area contributed by atoms with Gasteiger partial charge in [0.15, 0.2) is 11.4 Å². The first kappa shape index (κ1) is 22.2. The van der Waals surface area contributed by atoms with Gasteiger partial charge in [0.2, 0.25) is 5.78 Å². The molecule has 1 aliphatic carbocycles. The van der Waals surface area contributed by atoms with Crippen molar-refractivity contribution in [2.45, 2.75) is 66.4 Å². The standard InChI is InChI=1S/C21H31BO4/c1-12(2)7-8-15-18(22)17(16(23)11-14(5)6)20(25)21(26,19(15)24)10-9-13(3)4/h7,9,14,24,26H,8,10-11,22H2,1-6H3/t21-/m0/s1. The fourth-order valence-electron chi connectivity index (χ4n) is 2.97. The number of allylic oxidation sites excluding steroid dienone is 5. The molecule has 0 saturated heterocycles. The van der Waals surface area contributed by atoms with Gasteiger partial charge in [-0.15, -0.1) is 0 Å². The monoisotopic (exact) mass is 358 g/mol. The van der Waals surface area contributed by atoms with Crippen molar-refractivity contribution in [1.82, 2.24) is 0 Å². The normalized spacial score (nSPS) is 20.5. The SMILES string of the molecule is BC1=C(C(=O)CC(C)C)C(=O)[C@](O)(CC=C(C)C)C(O)=C1CC=C(C)C. The Bertz CT molecular complexity index is 714. The number of Topliss-reactive ketones (excluding diaryl/α,β-unsaturated/α-hetero) is 2. The maximum atomic E-state index is 13.0. The minimum Gasteiger partial charge on any atom is -0.508 e. The molecule has 1 rings (SSSR count). The average molecular weight is 358 g/mol. The number of rotatable bonds is 7. The van der Waals surface area contributed by atoms with E-state index in [1.54, 1.807) is 13.9 Å². The zero-order valence-electron chi connectivity index (χ0n) is 17.1. The van der Waals surface area contributed by atoms with Crippen molar-refractivity contribution in [3.05, 3.63) is 45.7 Å². The number of aliphatic hydroxyl groups is 2. The van der Waals surface area contributed by atoms with Crippen molar-refractivity contribution in [3.63, 3.8) is 0 Å². The van der Waals surface area contributed by atoms with Gasteiger partial charge < -0.3 is 10.2 Å². The summed E-state index contributed by atoms with van der Waals surface area (Å²) in [6.07, 6.45) is 4.16. The van der Waals surface area contributed by atoms with Crippen LogP contribution < -0.4 is 0 Å². The fraction of sp³-hybridized carbons (Fsp3) is 0.524. The van der Waals surface area contributed by atoms with Crippen LogP contribution in [0.5, 0.6) is 0 Å². The van der Waals surface area contributed by atoms with Crippen molar-refractivity contribution in [2.75, 3.05) is 0 Å². The number of carbonyl (C=O) groups excluding carboxylic acids is 2. The molecule has 142 valence electrons. The molecule has 5 heteroatoms. The number of ketones is 2. The number of carbonyl (C=O) groups is 2. The van der Waals surface area contributed by atoms with Crippen LogP contribution in [0.25, 0.3) is 0 Å². The third-order valence-electron chi connectivity index (χ3n) is 4.50. The van der Waals surface area contributed by atoms with Gasteiger partial charge in [0.05, 0.1) is 5.57 Å². The van der Waals surface area contributed by atoms with Gasteiger partial charge in [-0.2, -0.15) is 0 Å². The minimum atomic E-state index is -2.08.